The van der Waals surface area contributed by atoms with Crippen LogP contribution in [0.5, 0.6) is 0 Å². The maximum absolute atomic E-state index is 11.5. The van der Waals surface area contributed by atoms with Crippen LogP contribution < -0.4 is 10.6 Å². The van der Waals surface area contributed by atoms with Gasteiger partial charge in [0.2, 0.25) is 0 Å². The first kappa shape index (κ1) is 13.0. The highest BCUT2D eigenvalue weighted by Crippen LogP contribution is 2.19. The van der Waals surface area contributed by atoms with Crippen molar-refractivity contribution >= 4 is 5.91 Å². The molecule has 0 atom stereocenters. The van der Waals surface area contributed by atoms with Gasteiger partial charge in [0.1, 0.15) is 0 Å². The minimum absolute atomic E-state index is 0.235. The Morgan fingerprint density at radius 2 is 2.33 bits per heavy atom. The fraction of sp³-hybridized carbons (Fsp3) is 0.727. The number of carbonyl (C=O) groups is 1. The molecule has 1 fully saturated rings. The number of nitrogens with one attached hydrogen (secondary N) is 2. The molecule has 2 rings (SSSR count). The zero-order valence-corrected chi connectivity index (χ0v) is 10.5. The molecule has 1 aromatic rings. The molecule has 7 nitrogen and oxygen atoms in total. The first-order chi connectivity index (χ1) is 8.63. The van der Waals surface area contributed by atoms with Crippen LogP contribution in [0.2, 0.25) is 0 Å². The van der Waals surface area contributed by atoms with Crippen LogP contribution in [-0.4, -0.2) is 51.2 Å². The van der Waals surface area contributed by atoms with E-state index >= 15 is 0 Å². The molecule has 0 spiro atoms. The zero-order valence-electron chi connectivity index (χ0n) is 10.5. The van der Waals surface area contributed by atoms with Gasteiger partial charge < -0.3 is 15.7 Å². The lowest BCUT2D eigenvalue weighted by Crippen LogP contribution is -2.44. The average molecular weight is 253 g/mol. The number of nitrogens with zero attached hydrogens (tertiary/aromatic N) is 3. The van der Waals surface area contributed by atoms with E-state index in [0.29, 0.717) is 25.9 Å². The number of hydrogen-bond donors (Lipinski definition) is 3. The van der Waals surface area contributed by atoms with Gasteiger partial charge in [0.05, 0.1) is 18.3 Å². The maximum Gasteiger partial charge on any atom is 0.273 e. The molecule has 0 bridgehead atoms. The van der Waals surface area contributed by atoms with Gasteiger partial charge in [-0.25, -0.2) is 4.68 Å². The van der Waals surface area contributed by atoms with E-state index in [9.17, 15) is 9.90 Å². The second-order valence-electron chi connectivity index (χ2n) is 4.64. The summed E-state index contributed by atoms with van der Waals surface area (Å²) < 4.78 is 1.54. The summed E-state index contributed by atoms with van der Waals surface area (Å²) >= 11 is 0. The summed E-state index contributed by atoms with van der Waals surface area (Å²) in [7, 11) is 0. The summed E-state index contributed by atoms with van der Waals surface area (Å²) in [6.45, 7) is 4.38. The first-order valence-electron chi connectivity index (χ1n) is 6.24. The minimum atomic E-state index is -0.753. The van der Waals surface area contributed by atoms with Crippen LogP contribution in [0.25, 0.3) is 0 Å². The van der Waals surface area contributed by atoms with Crippen molar-refractivity contribution in [1.82, 2.24) is 25.6 Å². The van der Waals surface area contributed by atoms with Crippen LogP contribution in [-0.2, 0) is 6.54 Å². The van der Waals surface area contributed by atoms with Gasteiger partial charge in [-0.1, -0.05) is 5.21 Å². The average Bonchev–Trinajstić information content (AvgIpc) is 2.78. The van der Waals surface area contributed by atoms with Crippen LogP contribution >= 0.6 is 0 Å². The van der Waals surface area contributed by atoms with Crippen molar-refractivity contribution in [2.75, 3.05) is 19.6 Å². The Morgan fingerprint density at radius 1 is 1.61 bits per heavy atom. The third kappa shape index (κ3) is 3.05. The SMILES string of the molecule is CCNC(=O)c1cn(CC2(O)CCNCC2)nn1. The number of piperidine rings is 1. The summed E-state index contributed by atoms with van der Waals surface area (Å²) in [5, 5.41) is 23.9. The summed E-state index contributed by atoms with van der Waals surface area (Å²) in [5.41, 5.74) is -0.466. The predicted molar refractivity (Wildman–Crippen MR) is 65.1 cm³/mol. The second kappa shape index (κ2) is 5.45. The Kier molecular flexibility index (Phi) is 3.93. The summed E-state index contributed by atoms with van der Waals surface area (Å²) in [5.74, 6) is -0.235. The summed E-state index contributed by atoms with van der Waals surface area (Å²) in [6.07, 6.45) is 2.94. The number of aromatic nitrogens is 3. The van der Waals surface area contributed by atoms with Crippen LogP contribution in [0.3, 0.4) is 0 Å². The van der Waals surface area contributed by atoms with E-state index in [1.165, 1.54) is 4.68 Å². The smallest absolute Gasteiger partial charge is 0.273 e. The van der Waals surface area contributed by atoms with E-state index in [-0.39, 0.29) is 11.6 Å². The largest absolute Gasteiger partial charge is 0.388 e. The van der Waals surface area contributed by atoms with Crippen molar-refractivity contribution in [3.63, 3.8) is 0 Å². The third-order valence-electron chi connectivity index (χ3n) is 3.10. The molecule has 0 radical (unpaired) electrons. The van der Waals surface area contributed by atoms with Gasteiger partial charge >= 0.3 is 0 Å². The second-order valence-corrected chi connectivity index (χ2v) is 4.64. The highest BCUT2D eigenvalue weighted by Gasteiger charge is 2.30. The minimum Gasteiger partial charge on any atom is -0.388 e. The lowest BCUT2D eigenvalue weighted by Gasteiger charge is -2.32. The first-order valence-corrected chi connectivity index (χ1v) is 6.24. The van der Waals surface area contributed by atoms with Crippen LogP contribution in [0.4, 0.5) is 0 Å². The van der Waals surface area contributed by atoms with E-state index in [0.717, 1.165) is 13.1 Å². The third-order valence-corrected chi connectivity index (χ3v) is 3.10. The van der Waals surface area contributed by atoms with Gasteiger partial charge in [-0.15, -0.1) is 5.10 Å². The molecule has 7 heteroatoms. The molecule has 1 aliphatic rings. The van der Waals surface area contributed by atoms with Crippen molar-refractivity contribution in [3.8, 4) is 0 Å². The summed E-state index contributed by atoms with van der Waals surface area (Å²) in [6, 6.07) is 0. The molecular weight excluding hydrogens is 234 g/mol. The van der Waals surface area contributed by atoms with Crippen molar-refractivity contribution < 1.29 is 9.90 Å². The number of amides is 1. The standard InChI is InChI=1S/C11H19N5O2/c1-2-13-10(17)9-7-16(15-14-9)8-11(18)3-5-12-6-4-11/h7,12,18H,2-6,8H2,1H3,(H,13,17). The van der Waals surface area contributed by atoms with Gasteiger partial charge in [-0.05, 0) is 32.9 Å². The molecule has 3 N–H and O–H groups in total. The molecule has 2 heterocycles. The molecule has 0 aromatic carbocycles. The van der Waals surface area contributed by atoms with Gasteiger partial charge in [0, 0.05) is 6.54 Å². The van der Waals surface area contributed by atoms with Crippen LogP contribution in [0, 0.1) is 0 Å². The predicted octanol–water partition coefficient (Wildman–Crippen LogP) is -0.858. The monoisotopic (exact) mass is 253 g/mol. The van der Waals surface area contributed by atoms with Gasteiger partial charge in [0.25, 0.3) is 5.91 Å². The normalized spacial score (nSPS) is 18.6. The van der Waals surface area contributed by atoms with Gasteiger partial charge in [-0.3, -0.25) is 4.79 Å². The van der Waals surface area contributed by atoms with E-state index in [2.05, 4.69) is 20.9 Å². The Bertz CT molecular complexity index is 411. The molecule has 0 unspecified atom stereocenters. The quantitative estimate of drug-likeness (QED) is 0.649. The Balaban J connectivity index is 1.99. The molecule has 0 saturated carbocycles. The molecular formula is C11H19N5O2. The van der Waals surface area contributed by atoms with Gasteiger partial charge in [0.15, 0.2) is 5.69 Å². The van der Waals surface area contributed by atoms with Crippen LogP contribution in [0.15, 0.2) is 6.20 Å². The fourth-order valence-electron chi connectivity index (χ4n) is 2.08. The molecule has 1 aliphatic heterocycles. The Labute approximate surface area is 106 Å². The van der Waals surface area contributed by atoms with Crippen molar-refractivity contribution in [2.24, 2.45) is 0 Å². The highest BCUT2D eigenvalue weighted by molar-refractivity contribution is 5.91. The van der Waals surface area contributed by atoms with Gasteiger partial charge in [-0.2, -0.15) is 0 Å². The Hall–Kier alpha value is -1.47. The number of rotatable bonds is 4. The zero-order chi connectivity index (χ0) is 13.0. The molecule has 0 aliphatic carbocycles. The number of aliphatic hydroxyl groups is 1. The molecule has 1 amide bonds. The summed E-state index contributed by atoms with van der Waals surface area (Å²) in [4.78, 5) is 11.5. The van der Waals surface area contributed by atoms with Crippen molar-refractivity contribution in [1.29, 1.82) is 0 Å². The molecule has 1 aromatic heterocycles. The molecule has 18 heavy (non-hydrogen) atoms. The molecule has 100 valence electrons. The lowest BCUT2D eigenvalue weighted by atomic mass is 9.92. The van der Waals surface area contributed by atoms with Crippen LogP contribution in [0.1, 0.15) is 30.3 Å². The van der Waals surface area contributed by atoms with Crippen molar-refractivity contribution in [2.45, 2.75) is 31.9 Å². The lowest BCUT2D eigenvalue weighted by molar-refractivity contribution is -0.00866. The fourth-order valence-corrected chi connectivity index (χ4v) is 2.08. The number of carbonyl (C=O) groups excluding carboxylic acids is 1. The number of hydrogen-bond acceptors (Lipinski definition) is 5. The van der Waals surface area contributed by atoms with E-state index in [1.54, 1.807) is 6.20 Å². The van der Waals surface area contributed by atoms with E-state index in [4.69, 9.17) is 0 Å². The van der Waals surface area contributed by atoms with E-state index in [1.807, 2.05) is 6.92 Å². The highest BCUT2D eigenvalue weighted by atomic mass is 16.3. The topological polar surface area (TPSA) is 92.1 Å². The maximum atomic E-state index is 11.5. The Morgan fingerprint density at radius 3 is 3.00 bits per heavy atom. The van der Waals surface area contributed by atoms with Crippen molar-refractivity contribution in [3.05, 3.63) is 11.9 Å². The van der Waals surface area contributed by atoms with E-state index < -0.39 is 5.60 Å². The molecule has 1 saturated heterocycles.